The van der Waals surface area contributed by atoms with Crippen LogP contribution in [0.3, 0.4) is 0 Å². The maximum Gasteiger partial charge on any atom is 0.243 e. The first-order valence-corrected chi connectivity index (χ1v) is 9.55. The molecular weight excluding hydrogens is 324 g/mol. The molecule has 1 saturated heterocycles. The molecule has 0 atom stereocenters. The second-order valence-electron chi connectivity index (χ2n) is 6.11. The molecule has 1 fully saturated rings. The van der Waals surface area contributed by atoms with Crippen LogP contribution in [0.2, 0.25) is 0 Å². The number of sulfonamides is 1. The number of nitrogens with one attached hydrogen (secondary N) is 1. The van der Waals surface area contributed by atoms with Gasteiger partial charge in [0, 0.05) is 19.6 Å². The molecule has 7 heteroatoms. The number of anilines is 1. The lowest BCUT2D eigenvalue weighted by molar-refractivity contribution is 0.477. The maximum atomic E-state index is 12.5. The molecule has 0 saturated carbocycles. The Labute approximate surface area is 143 Å². The summed E-state index contributed by atoms with van der Waals surface area (Å²) in [5, 5.41) is 11.4. The summed E-state index contributed by atoms with van der Waals surface area (Å²) >= 11 is 0. The Morgan fingerprint density at radius 1 is 1.08 bits per heavy atom. The highest BCUT2D eigenvalue weighted by Gasteiger charge is 2.26. The molecular formula is C17H22N4O2S. The number of rotatable bonds is 5. The van der Waals surface area contributed by atoms with Gasteiger partial charge in [0.1, 0.15) is 5.82 Å². The van der Waals surface area contributed by atoms with Crippen molar-refractivity contribution in [3.05, 3.63) is 47.2 Å². The van der Waals surface area contributed by atoms with Gasteiger partial charge in [0.25, 0.3) is 0 Å². The van der Waals surface area contributed by atoms with E-state index in [2.05, 4.69) is 15.5 Å². The first-order chi connectivity index (χ1) is 11.5. The smallest absolute Gasteiger partial charge is 0.243 e. The minimum Gasteiger partial charge on any atom is -0.364 e. The molecule has 1 aliphatic heterocycles. The van der Waals surface area contributed by atoms with Crippen LogP contribution in [0.25, 0.3) is 0 Å². The van der Waals surface area contributed by atoms with Gasteiger partial charge in [0.2, 0.25) is 10.0 Å². The second kappa shape index (κ2) is 6.86. The van der Waals surface area contributed by atoms with Crippen molar-refractivity contribution in [1.29, 1.82) is 0 Å². The van der Waals surface area contributed by atoms with E-state index in [9.17, 15) is 8.42 Å². The average molecular weight is 346 g/mol. The van der Waals surface area contributed by atoms with Gasteiger partial charge >= 0.3 is 0 Å². The van der Waals surface area contributed by atoms with Crippen LogP contribution in [0.4, 0.5) is 5.82 Å². The minimum atomic E-state index is -3.34. The van der Waals surface area contributed by atoms with Crippen molar-refractivity contribution in [3.63, 3.8) is 0 Å². The molecule has 0 aliphatic carbocycles. The third-order valence-electron chi connectivity index (χ3n) is 4.33. The highest BCUT2D eigenvalue weighted by molar-refractivity contribution is 7.89. The van der Waals surface area contributed by atoms with Crippen molar-refractivity contribution in [2.45, 2.75) is 38.1 Å². The summed E-state index contributed by atoms with van der Waals surface area (Å²) in [6.07, 6.45) is 1.89. The van der Waals surface area contributed by atoms with Gasteiger partial charge < -0.3 is 5.32 Å². The molecule has 3 rings (SSSR count). The number of nitrogens with zero attached hydrogens (tertiary/aromatic N) is 3. The molecule has 6 nitrogen and oxygen atoms in total. The molecule has 128 valence electrons. The van der Waals surface area contributed by atoms with Gasteiger partial charge in [-0.25, -0.2) is 8.42 Å². The van der Waals surface area contributed by atoms with Crippen LogP contribution in [0.15, 0.2) is 35.2 Å². The maximum absolute atomic E-state index is 12.5. The van der Waals surface area contributed by atoms with Crippen molar-refractivity contribution >= 4 is 15.8 Å². The lowest BCUT2D eigenvalue weighted by Crippen LogP contribution is -2.27. The Kier molecular flexibility index (Phi) is 4.82. The molecule has 0 amide bonds. The van der Waals surface area contributed by atoms with Gasteiger partial charge in [0.05, 0.1) is 10.6 Å². The molecule has 2 heterocycles. The number of aromatic nitrogens is 2. The van der Waals surface area contributed by atoms with Gasteiger partial charge in [-0.1, -0.05) is 12.1 Å². The fourth-order valence-electron chi connectivity index (χ4n) is 2.68. The molecule has 1 aromatic heterocycles. The fraction of sp³-hybridized carbons (Fsp3) is 0.412. The predicted octanol–water partition coefficient (Wildman–Crippen LogP) is 2.49. The molecule has 0 bridgehead atoms. The van der Waals surface area contributed by atoms with E-state index in [0.717, 1.165) is 29.7 Å². The fourth-order valence-corrected chi connectivity index (χ4v) is 4.20. The van der Waals surface area contributed by atoms with E-state index in [1.54, 1.807) is 16.4 Å². The van der Waals surface area contributed by atoms with Crippen molar-refractivity contribution < 1.29 is 8.42 Å². The summed E-state index contributed by atoms with van der Waals surface area (Å²) in [7, 11) is -3.34. The normalized spacial score (nSPS) is 15.6. The first kappa shape index (κ1) is 16.9. The monoisotopic (exact) mass is 346 g/mol. The Hall–Kier alpha value is -1.99. The molecule has 0 radical (unpaired) electrons. The zero-order valence-electron chi connectivity index (χ0n) is 14.0. The van der Waals surface area contributed by atoms with Gasteiger partial charge in [-0.15, -0.1) is 5.10 Å². The second-order valence-corrected chi connectivity index (χ2v) is 8.04. The van der Waals surface area contributed by atoms with Gasteiger partial charge in [0.15, 0.2) is 0 Å². The van der Waals surface area contributed by atoms with E-state index in [4.69, 9.17) is 0 Å². The van der Waals surface area contributed by atoms with Gasteiger partial charge in [-0.3, -0.25) is 0 Å². The lowest BCUT2D eigenvalue weighted by Gasteiger charge is -2.15. The third-order valence-corrected chi connectivity index (χ3v) is 6.24. The molecule has 1 aliphatic rings. The lowest BCUT2D eigenvalue weighted by atomic mass is 10.2. The first-order valence-electron chi connectivity index (χ1n) is 8.11. The number of hydrogen-bond donors (Lipinski definition) is 1. The Balaban J connectivity index is 1.67. The molecule has 1 N–H and O–H groups in total. The van der Waals surface area contributed by atoms with E-state index in [0.29, 0.717) is 30.3 Å². The summed E-state index contributed by atoms with van der Waals surface area (Å²) in [4.78, 5) is 0.360. The summed E-state index contributed by atoms with van der Waals surface area (Å²) in [6.45, 7) is 5.73. The SMILES string of the molecule is Cc1cc(NCc2ccc(S(=O)(=O)N3CCCC3)cc2)nnc1C. The number of aryl methyl sites for hydroxylation is 2. The highest BCUT2D eigenvalue weighted by atomic mass is 32.2. The van der Waals surface area contributed by atoms with Crippen molar-refractivity contribution in [1.82, 2.24) is 14.5 Å². The van der Waals surface area contributed by atoms with Crippen LogP contribution in [0.1, 0.15) is 29.7 Å². The standard InChI is InChI=1S/C17H22N4O2S/c1-13-11-17(20-19-14(13)2)18-12-15-5-7-16(8-6-15)24(22,23)21-9-3-4-10-21/h5-8,11H,3-4,9-10,12H2,1-2H3,(H,18,20). The molecule has 0 spiro atoms. The minimum absolute atomic E-state index is 0.360. The van der Waals surface area contributed by atoms with Crippen LogP contribution in [0.5, 0.6) is 0 Å². The van der Waals surface area contributed by atoms with E-state index in [1.807, 2.05) is 32.0 Å². The zero-order chi connectivity index (χ0) is 17.2. The Bertz CT molecular complexity index is 813. The van der Waals surface area contributed by atoms with Crippen LogP contribution < -0.4 is 5.32 Å². The Morgan fingerprint density at radius 3 is 2.38 bits per heavy atom. The van der Waals surface area contributed by atoms with Crippen LogP contribution in [-0.4, -0.2) is 36.0 Å². The molecule has 2 aromatic rings. The molecule has 1 aromatic carbocycles. The van der Waals surface area contributed by atoms with Crippen molar-refractivity contribution in [2.24, 2.45) is 0 Å². The largest absolute Gasteiger partial charge is 0.364 e. The van der Waals surface area contributed by atoms with Crippen LogP contribution in [0, 0.1) is 13.8 Å². The van der Waals surface area contributed by atoms with Crippen molar-refractivity contribution in [2.75, 3.05) is 18.4 Å². The highest BCUT2D eigenvalue weighted by Crippen LogP contribution is 2.21. The van der Waals surface area contributed by atoms with Gasteiger partial charge in [-0.05, 0) is 56.0 Å². The van der Waals surface area contributed by atoms with Crippen LogP contribution in [-0.2, 0) is 16.6 Å². The van der Waals surface area contributed by atoms with E-state index < -0.39 is 10.0 Å². The summed E-state index contributed by atoms with van der Waals surface area (Å²) in [5.41, 5.74) is 2.99. The Morgan fingerprint density at radius 2 is 1.75 bits per heavy atom. The van der Waals surface area contributed by atoms with Crippen LogP contribution >= 0.6 is 0 Å². The van der Waals surface area contributed by atoms with E-state index in [-0.39, 0.29) is 0 Å². The van der Waals surface area contributed by atoms with Gasteiger partial charge in [-0.2, -0.15) is 9.40 Å². The summed E-state index contributed by atoms with van der Waals surface area (Å²) in [5.74, 6) is 0.715. The zero-order valence-corrected chi connectivity index (χ0v) is 14.8. The summed E-state index contributed by atoms with van der Waals surface area (Å²) < 4.78 is 26.5. The average Bonchev–Trinajstić information content (AvgIpc) is 3.12. The predicted molar refractivity (Wildman–Crippen MR) is 93.3 cm³/mol. The third kappa shape index (κ3) is 3.57. The topological polar surface area (TPSA) is 75.2 Å². The van der Waals surface area contributed by atoms with E-state index in [1.165, 1.54) is 0 Å². The van der Waals surface area contributed by atoms with E-state index >= 15 is 0 Å². The molecule has 0 unspecified atom stereocenters. The number of benzene rings is 1. The molecule has 24 heavy (non-hydrogen) atoms. The summed E-state index contributed by atoms with van der Waals surface area (Å²) in [6, 6.07) is 8.98. The quantitative estimate of drug-likeness (QED) is 0.900. The van der Waals surface area contributed by atoms with Crippen molar-refractivity contribution in [3.8, 4) is 0 Å². The number of hydrogen-bond acceptors (Lipinski definition) is 5.